The predicted molar refractivity (Wildman–Crippen MR) is 122 cm³/mol. The number of nitrogens with zero attached hydrogens (tertiary/aromatic N) is 4. The summed E-state index contributed by atoms with van der Waals surface area (Å²) in [6.45, 7) is 2.81. The van der Waals surface area contributed by atoms with Crippen molar-refractivity contribution >= 4 is 35.4 Å². The number of hydrogen-bond donors (Lipinski definition) is 1. The van der Waals surface area contributed by atoms with E-state index >= 15 is 0 Å². The minimum atomic E-state index is -0.0288. The molecule has 0 aliphatic carbocycles. The molecule has 156 valence electrons. The molecule has 0 spiro atoms. The zero-order valence-electron chi connectivity index (χ0n) is 16.8. The molecule has 1 N–H and O–H groups in total. The Morgan fingerprint density at radius 3 is 2.60 bits per heavy atom. The van der Waals surface area contributed by atoms with E-state index in [0.717, 1.165) is 24.2 Å². The van der Waals surface area contributed by atoms with Crippen molar-refractivity contribution in [1.82, 2.24) is 19.7 Å². The van der Waals surface area contributed by atoms with Gasteiger partial charge < -0.3 is 9.80 Å². The molecule has 6 nitrogen and oxygen atoms in total. The van der Waals surface area contributed by atoms with Gasteiger partial charge in [-0.2, -0.15) is 5.10 Å². The lowest BCUT2D eigenvalue weighted by Gasteiger charge is -2.24. The number of anilines is 1. The highest BCUT2D eigenvalue weighted by Crippen LogP contribution is 2.26. The van der Waals surface area contributed by atoms with E-state index in [0.29, 0.717) is 22.2 Å². The van der Waals surface area contributed by atoms with Gasteiger partial charge in [0.15, 0.2) is 10.6 Å². The summed E-state index contributed by atoms with van der Waals surface area (Å²) in [4.78, 5) is 17.2. The lowest BCUT2D eigenvalue weighted by Crippen LogP contribution is -2.31. The van der Waals surface area contributed by atoms with E-state index in [1.54, 1.807) is 21.6 Å². The van der Waals surface area contributed by atoms with Gasteiger partial charge in [0.05, 0.1) is 0 Å². The zero-order valence-corrected chi connectivity index (χ0v) is 18.4. The van der Waals surface area contributed by atoms with Crippen LogP contribution >= 0.6 is 23.8 Å². The molecule has 1 aromatic heterocycles. The lowest BCUT2D eigenvalue weighted by atomic mass is 10.1. The van der Waals surface area contributed by atoms with Gasteiger partial charge in [0, 0.05) is 43.0 Å². The third-order valence-electron chi connectivity index (χ3n) is 5.43. The van der Waals surface area contributed by atoms with Crippen LogP contribution < -0.4 is 4.90 Å². The Morgan fingerprint density at radius 1 is 1.17 bits per heavy atom. The predicted octanol–water partition coefficient (Wildman–Crippen LogP) is 4.52. The molecule has 1 aliphatic rings. The molecule has 3 aromatic rings. The summed E-state index contributed by atoms with van der Waals surface area (Å²) < 4.78 is 2.14. The van der Waals surface area contributed by atoms with Crippen molar-refractivity contribution in [3.63, 3.8) is 0 Å². The van der Waals surface area contributed by atoms with Crippen LogP contribution in [0.5, 0.6) is 0 Å². The molecule has 4 rings (SSSR count). The van der Waals surface area contributed by atoms with Crippen LogP contribution in [0.3, 0.4) is 0 Å². The fourth-order valence-electron chi connectivity index (χ4n) is 3.79. The normalized spacial score (nSPS) is 13.6. The number of amides is 1. The molecule has 0 radical (unpaired) electrons. The number of carbonyl (C=O) groups excluding carboxylic acids is 1. The fourth-order valence-corrected chi connectivity index (χ4v) is 4.12. The maximum absolute atomic E-state index is 13.0. The van der Waals surface area contributed by atoms with Crippen molar-refractivity contribution in [3.8, 4) is 11.4 Å². The monoisotopic (exact) mass is 441 g/mol. The number of aromatic amines is 1. The summed E-state index contributed by atoms with van der Waals surface area (Å²) in [7, 11) is 1.83. The van der Waals surface area contributed by atoms with Crippen LogP contribution in [0.25, 0.3) is 11.4 Å². The molecule has 0 bridgehead atoms. The molecule has 1 saturated heterocycles. The van der Waals surface area contributed by atoms with Gasteiger partial charge in [-0.25, -0.2) is 0 Å². The first-order valence-corrected chi connectivity index (χ1v) is 10.8. The highest BCUT2D eigenvalue weighted by atomic mass is 35.5. The molecule has 1 aliphatic heterocycles. The number of rotatable bonds is 6. The van der Waals surface area contributed by atoms with Gasteiger partial charge in [-0.15, -0.1) is 0 Å². The number of likely N-dealkylation sites (N-methyl/N-ethyl adjacent to an activating group) is 1. The van der Waals surface area contributed by atoms with Gasteiger partial charge in [-0.3, -0.25) is 14.5 Å². The van der Waals surface area contributed by atoms with Gasteiger partial charge in [-0.1, -0.05) is 29.8 Å². The second kappa shape index (κ2) is 9.02. The molecule has 0 atom stereocenters. The van der Waals surface area contributed by atoms with E-state index in [4.69, 9.17) is 23.8 Å². The maximum atomic E-state index is 13.0. The minimum absolute atomic E-state index is 0.0288. The number of para-hydroxylation sites is 1. The Labute approximate surface area is 186 Å². The Morgan fingerprint density at radius 2 is 1.87 bits per heavy atom. The Bertz CT molecular complexity index is 1090. The molecule has 1 amide bonds. The van der Waals surface area contributed by atoms with Crippen LogP contribution in [0.15, 0.2) is 48.5 Å². The third kappa shape index (κ3) is 4.42. The quantitative estimate of drug-likeness (QED) is 0.571. The van der Waals surface area contributed by atoms with E-state index in [-0.39, 0.29) is 12.5 Å². The first-order chi connectivity index (χ1) is 14.5. The average molecular weight is 442 g/mol. The molecule has 2 aromatic carbocycles. The van der Waals surface area contributed by atoms with E-state index in [1.807, 2.05) is 25.2 Å². The number of hydrogen-bond acceptors (Lipinski definition) is 4. The summed E-state index contributed by atoms with van der Waals surface area (Å²) >= 11 is 11.4. The molecule has 1 fully saturated rings. The highest BCUT2D eigenvalue weighted by Gasteiger charge is 2.19. The molecular formula is C22H24ClN5OS. The van der Waals surface area contributed by atoms with Crippen LogP contribution in [0.2, 0.25) is 5.02 Å². The van der Waals surface area contributed by atoms with Crippen LogP contribution in [-0.2, 0) is 17.9 Å². The van der Waals surface area contributed by atoms with Gasteiger partial charge in [-0.05, 0) is 61.0 Å². The molecule has 30 heavy (non-hydrogen) atoms. The van der Waals surface area contributed by atoms with Crippen molar-refractivity contribution in [3.05, 3.63) is 63.9 Å². The van der Waals surface area contributed by atoms with Gasteiger partial charge in [0.1, 0.15) is 6.54 Å². The minimum Gasteiger partial charge on any atom is -0.371 e. The average Bonchev–Trinajstić information content (AvgIpc) is 3.40. The number of carbonyl (C=O) groups is 1. The van der Waals surface area contributed by atoms with Crippen LogP contribution in [0.1, 0.15) is 18.4 Å². The van der Waals surface area contributed by atoms with Gasteiger partial charge in [0.2, 0.25) is 5.91 Å². The smallest absolute Gasteiger partial charge is 0.242 e. The molecular weight excluding hydrogens is 418 g/mol. The van der Waals surface area contributed by atoms with Crippen molar-refractivity contribution < 1.29 is 4.79 Å². The van der Waals surface area contributed by atoms with Crippen molar-refractivity contribution in [2.24, 2.45) is 0 Å². The highest BCUT2D eigenvalue weighted by molar-refractivity contribution is 7.71. The second-order valence-corrected chi connectivity index (χ2v) is 8.34. The van der Waals surface area contributed by atoms with Crippen molar-refractivity contribution in [2.75, 3.05) is 25.0 Å². The van der Waals surface area contributed by atoms with Crippen LogP contribution in [0, 0.1) is 4.77 Å². The van der Waals surface area contributed by atoms with E-state index in [1.165, 1.54) is 18.5 Å². The first-order valence-electron chi connectivity index (χ1n) is 10.0. The molecule has 0 unspecified atom stereocenters. The largest absolute Gasteiger partial charge is 0.371 e. The summed E-state index contributed by atoms with van der Waals surface area (Å²) in [5.41, 5.74) is 3.22. The second-order valence-electron chi connectivity index (χ2n) is 7.52. The summed E-state index contributed by atoms with van der Waals surface area (Å²) in [5, 5.41) is 7.74. The molecule has 0 saturated carbocycles. The topological polar surface area (TPSA) is 57.2 Å². The summed E-state index contributed by atoms with van der Waals surface area (Å²) in [5.74, 6) is 0.592. The van der Waals surface area contributed by atoms with E-state index < -0.39 is 0 Å². The first kappa shape index (κ1) is 20.6. The number of aromatic nitrogens is 3. The summed E-state index contributed by atoms with van der Waals surface area (Å²) in [6, 6.07) is 15.6. The number of halogens is 1. The van der Waals surface area contributed by atoms with E-state index in [2.05, 4.69) is 33.3 Å². The molecule has 2 heterocycles. The van der Waals surface area contributed by atoms with Crippen LogP contribution in [-0.4, -0.2) is 45.7 Å². The van der Waals surface area contributed by atoms with Crippen molar-refractivity contribution in [2.45, 2.75) is 25.9 Å². The summed E-state index contributed by atoms with van der Waals surface area (Å²) in [6.07, 6.45) is 2.44. The number of H-pyrrole nitrogens is 1. The standard InChI is InChI=1S/C22H24ClN5OS/c1-26(14-17-6-2-3-7-19(17)27-12-4-5-13-27)20(29)15-28-21(24-25-22(28)30)16-8-10-18(23)11-9-16/h2-3,6-11H,4-5,12-15H2,1H3,(H,25,30). The molecule has 8 heteroatoms. The number of nitrogens with one attached hydrogen (secondary N) is 1. The Balaban J connectivity index is 1.51. The Hall–Kier alpha value is -2.64. The number of benzene rings is 2. The van der Waals surface area contributed by atoms with Crippen molar-refractivity contribution in [1.29, 1.82) is 0 Å². The van der Waals surface area contributed by atoms with Gasteiger partial charge in [0.25, 0.3) is 0 Å². The Kier molecular flexibility index (Phi) is 6.20. The third-order valence-corrected chi connectivity index (χ3v) is 5.99. The lowest BCUT2D eigenvalue weighted by molar-refractivity contribution is -0.131. The zero-order chi connectivity index (χ0) is 21.1. The van der Waals surface area contributed by atoms with Crippen LogP contribution in [0.4, 0.5) is 5.69 Å². The SMILES string of the molecule is CN(Cc1ccccc1N1CCCC1)C(=O)Cn1c(-c2ccc(Cl)cc2)n[nH]c1=S. The van der Waals surface area contributed by atoms with Gasteiger partial charge >= 0.3 is 0 Å². The fraction of sp³-hybridized carbons (Fsp3) is 0.318. The maximum Gasteiger partial charge on any atom is 0.242 e. The van der Waals surface area contributed by atoms with E-state index in [9.17, 15) is 4.79 Å².